The van der Waals surface area contributed by atoms with Crippen molar-refractivity contribution >= 4 is 78.5 Å². The fourth-order valence-electron chi connectivity index (χ4n) is 14.1. The molecule has 1 aliphatic carbocycles. The zero-order valence-corrected chi connectivity index (χ0v) is 59.6. The van der Waals surface area contributed by atoms with Gasteiger partial charge in [-0.1, -0.05) is 103 Å². The number of carbonyl (C=O) groups is 5. The van der Waals surface area contributed by atoms with E-state index in [4.69, 9.17) is 14.2 Å². The van der Waals surface area contributed by atoms with Crippen LogP contribution in [-0.4, -0.2) is 171 Å². The van der Waals surface area contributed by atoms with Crippen LogP contribution in [0, 0.1) is 5.82 Å². The van der Waals surface area contributed by atoms with Gasteiger partial charge in [-0.05, 0) is 160 Å². The molecule has 0 bridgehead atoms. The van der Waals surface area contributed by atoms with Gasteiger partial charge in [0, 0.05) is 94.6 Å². The van der Waals surface area contributed by atoms with E-state index in [2.05, 4.69) is 32.6 Å². The number of hydrogen-bond donors (Lipinski definition) is 3. The first kappa shape index (κ1) is 81.7. The molecule has 10 rings (SSSR count). The molecule has 0 aromatic heterocycles. The number of alkyl halides is 6. The van der Waals surface area contributed by atoms with Gasteiger partial charge in [-0.25, -0.2) is 14.0 Å². The number of halogens is 10. The van der Waals surface area contributed by atoms with E-state index in [1.807, 2.05) is 98.0 Å². The highest BCUT2D eigenvalue weighted by Gasteiger charge is 2.50. The van der Waals surface area contributed by atoms with Crippen molar-refractivity contribution in [3.05, 3.63) is 190 Å². The molecule has 0 radical (unpaired) electrons. The van der Waals surface area contributed by atoms with Crippen LogP contribution in [0.2, 0.25) is 0 Å². The Balaban J connectivity index is 0.00000486. The highest BCUT2D eigenvalue weighted by molar-refractivity contribution is 5.95. The minimum Gasteiger partial charge on any atom is -0.465 e. The number of anilines is 2. The summed E-state index contributed by atoms with van der Waals surface area (Å²) in [6.45, 7) is 5.70. The summed E-state index contributed by atoms with van der Waals surface area (Å²) in [5.41, 5.74) is 1.30. The van der Waals surface area contributed by atoms with E-state index in [0.717, 1.165) is 78.2 Å². The average Bonchev–Trinajstić information content (AvgIpc) is 1.58. The number of likely N-dealkylation sites (N-methyl/N-ethyl adjacent to an activating group) is 2. The van der Waals surface area contributed by atoms with Crippen LogP contribution in [0.25, 0.3) is 11.1 Å². The third-order valence-corrected chi connectivity index (χ3v) is 19.9. The molecule has 554 valence electrons. The van der Waals surface area contributed by atoms with Gasteiger partial charge in [-0.2, -0.15) is 26.3 Å². The smallest absolute Gasteiger partial charge is 0.416 e. The number of likely N-dealkylation sites (tertiary alicyclic amines) is 2. The normalized spacial score (nSPS) is 17.5. The quantitative estimate of drug-likeness (QED) is 0.0313. The van der Waals surface area contributed by atoms with E-state index in [9.17, 15) is 59.8 Å². The van der Waals surface area contributed by atoms with Crippen LogP contribution in [0.3, 0.4) is 0 Å². The lowest BCUT2D eigenvalue weighted by Gasteiger charge is -2.44. The number of benzene rings is 6. The largest absolute Gasteiger partial charge is 0.465 e. The molecule has 1 spiro atoms. The Morgan fingerprint density at radius 2 is 1.32 bits per heavy atom. The van der Waals surface area contributed by atoms with Gasteiger partial charge in [0.2, 0.25) is 11.8 Å². The number of carbonyl (C=O) groups excluding carboxylic acids is 4. The molecular formula is C75H90Cl3F7N8O9. The number of para-hydroxylation sites is 1. The maximum Gasteiger partial charge on any atom is 0.416 e. The lowest BCUT2D eigenvalue weighted by atomic mass is 9.72. The van der Waals surface area contributed by atoms with Crippen LogP contribution in [-0.2, 0) is 60.1 Å². The molecule has 6 aromatic carbocycles. The van der Waals surface area contributed by atoms with Crippen LogP contribution in [0.15, 0.2) is 146 Å². The Hall–Kier alpha value is -7.55. The molecule has 3 aliphatic heterocycles. The number of carboxylic acid groups (broad SMARTS) is 1. The number of ether oxygens (including phenoxy) is 3. The van der Waals surface area contributed by atoms with Crippen molar-refractivity contribution in [2.75, 3.05) is 110 Å². The first-order valence-corrected chi connectivity index (χ1v) is 34.0. The molecule has 5 amide bonds. The molecule has 0 unspecified atom stereocenters. The van der Waals surface area contributed by atoms with Crippen LogP contribution in [0.1, 0.15) is 114 Å². The topological polar surface area (TPSA) is 177 Å². The predicted molar refractivity (Wildman–Crippen MR) is 383 cm³/mol. The molecule has 27 heteroatoms. The standard InChI is InChI=1S/C75H87F7N8O9.3ClH/c1-85(36-13-14-44-97-70(94)84-61-28-22-53(23-29-61)49-83-35-12-4-7-21-67(91)86(2)42-43-87-37-30-62(31-38-87)90(71(95)96)65-20-11-9-18-63(65)54-15-5-3-6-16-54)68(92)50-98-66-47-55-17-8-10-19-64(55)72(66)32-39-88(40-33-72)41-34-73(57-24-26-60(76)27-25-57)51-89(52-99-73)69(93)56-45-58(74(77,78)79)48-59(46-56)75(80,81)82;;;/h3,5-6,8-11,15-20,22-29,45-46,48,62,66,83H,4,7,12-14,21,30-44,47,49-52H2,1-2H3,(H,84,94)(H,95,96);3*1H/t66-,73-;;;/m0.../s1. The van der Waals surface area contributed by atoms with Crippen molar-refractivity contribution in [3.8, 4) is 11.1 Å². The van der Waals surface area contributed by atoms with Crippen molar-refractivity contribution in [1.29, 1.82) is 0 Å². The molecule has 3 heterocycles. The molecule has 0 saturated carbocycles. The summed E-state index contributed by atoms with van der Waals surface area (Å²) in [7, 11) is 3.56. The minimum absolute atomic E-state index is 0. The summed E-state index contributed by atoms with van der Waals surface area (Å²) in [6.07, 6.45) is -4.31. The monoisotopic (exact) mass is 1480 g/mol. The maximum absolute atomic E-state index is 14.2. The summed E-state index contributed by atoms with van der Waals surface area (Å²) in [6, 6.07) is 39.2. The SMILES string of the molecule is CN(CCN1CCC(N(C(=O)O)c2ccccc2-c2ccccc2)CC1)C(=O)CCCCCNCc1ccc(NC(=O)OCCCCN(C)C(=O)CO[C@H]2Cc3ccccc3C23CCN(CC[C@@]2(c4ccc(F)cc4)CN(C(=O)c4cc(C(F)(F)F)cc(C(F)(F)F)c4)CO2)CC3)cc1.Cl.Cl.Cl. The molecular weight excluding hydrogens is 1400 g/mol. The number of fused-ring (bicyclic) bond motifs is 2. The van der Waals surface area contributed by atoms with Gasteiger partial charge in [0.25, 0.3) is 5.91 Å². The number of piperidine rings is 2. The second-order valence-electron chi connectivity index (χ2n) is 26.4. The van der Waals surface area contributed by atoms with Crippen molar-refractivity contribution in [1.82, 2.24) is 29.8 Å². The Morgan fingerprint density at radius 3 is 2.00 bits per heavy atom. The molecule has 102 heavy (non-hydrogen) atoms. The third kappa shape index (κ3) is 21.1. The van der Waals surface area contributed by atoms with Crippen molar-refractivity contribution < 1.29 is 74.0 Å². The Bertz CT molecular complexity index is 3690. The summed E-state index contributed by atoms with van der Waals surface area (Å²) in [5, 5.41) is 16.6. The van der Waals surface area contributed by atoms with Gasteiger partial charge >= 0.3 is 24.5 Å². The van der Waals surface area contributed by atoms with E-state index < -0.39 is 70.7 Å². The number of nitrogens with zero attached hydrogens (tertiary/aromatic N) is 6. The van der Waals surface area contributed by atoms with Gasteiger partial charge in [0.1, 0.15) is 24.8 Å². The second kappa shape index (κ2) is 37.2. The zero-order chi connectivity index (χ0) is 70.3. The molecule has 3 fully saturated rings. The first-order chi connectivity index (χ1) is 47.5. The molecule has 6 aromatic rings. The summed E-state index contributed by atoms with van der Waals surface area (Å²) >= 11 is 0. The van der Waals surface area contributed by atoms with Crippen molar-refractivity contribution in [3.63, 3.8) is 0 Å². The average molecular weight is 1490 g/mol. The molecule has 3 saturated heterocycles. The lowest BCUT2D eigenvalue weighted by molar-refractivity contribution is -0.143. The van der Waals surface area contributed by atoms with E-state index in [0.29, 0.717) is 120 Å². The molecule has 3 N–H and O–H groups in total. The number of unbranched alkanes of at least 4 members (excludes halogenated alkanes) is 3. The van der Waals surface area contributed by atoms with Gasteiger partial charge in [-0.15, -0.1) is 37.2 Å². The third-order valence-electron chi connectivity index (χ3n) is 19.9. The van der Waals surface area contributed by atoms with Gasteiger partial charge in [-0.3, -0.25) is 24.6 Å². The highest BCUT2D eigenvalue weighted by Crippen LogP contribution is 2.49. The van der Waals surface area contributed by atoms with E-state index in [1.165, 1.54) is 29.2 Å². The highest BCUT2D eigenvalue weighted by atomic mass is 35.5. The summed E-state index contributed by atoms with van der Waals surface area (Å²) in [5.74, 6) is -1.68. The van der Waals surface area contributed by atoms with Crippen molar-refractivity contribution in [2.45, 2.75) is 119 Å². The van der Waals surface area contributed by atoms with Gasteiger partial charge in [0.05, 0.1) is 36.1 Å². The van der Waals surface area contributed by atoms with Crippen LogP contribution < -0.4 is 15.5 Å². The fraction of sp³-hybridized carbons (Fsp3) is 0.453. The molecule has 2 atom stereocenters. The first-order valence-electron chi connectivity index (χ1n) is 34.0. The van der Waals surface area contributed by atoms with Crippen LogP contribution in [0.5, 0.6) is 0 Å². The van der Waals surface area contributed by atoms with E-state index >= 15 is 0 Å². The van der Waals surface area contributed by atoms with E-state index in [1.54, 1.807) is 16.8 Å². The number of rotatable bonds is 28. The Kier molecular flexibility index (Phi) is 29.8. The zero-order valence-electron chi connectivity index (χ0n) is 57.2. The Labute approximate surface area is 609 Å². The fourth-order valence-corrected chi connectivity index (χ4v) is 14.1. The molecule has 4 aliphatic rings. The van der Waals surface area contributed by atoms with Crippen LogP contribution >= 0.6 is 37.2 Å². The number of amides is 5. The van der Waals surface area contributed by atoms with Crippen molar-refractivity contribution in [2.24, 2.45) is 0 Å². The summed E-state index contributed by atoms with van der Waals surface area (Å²) in [4.78, 5) is 76.1. The van der Waals surface area contributed by atoms with Gasteiger partial charge < -0.3 is 49.1 Å². The number of nitrogens with one attached hydrogen (secondary N) is 2. The number of hydrogen-bond acceptors (Lipinski definition) is 11. The predicted octanol–water partition coefficient (Wildman–Crippen LogP) is 14.7. The summed E-state index contributed by atoms with van der Waals surface area (Å²) < 4.78 is 115. The van der Waals surface area contributed by atoms with Crippen LogP contribution in [0.4, 0.5) is 51.7 Å². The lowest BCUT2D eigenvalue weighted by Crippen LogP contribution is -2.50. The van der Waals surface area contributed by atoms with E-state index in [-0.39, 0.29) is 93.4 Å². The maximum atomic E-state index is 14.2. The Morgan fingerprint density at radius 1 is 0.686 bits per heavy atom. The second-order valence-corrected chi connectivity index (χ2v) is 26.4. The minimum atomic E-state index is -5.15. The van der Waals surface area contributed by atoms with Gasteiger partial charge in [0.15, 0.2) is 0 Å². The molecule has 17 nitrogen and oxygen atoms in total.